The van der Waals surface area contributed by atoms with E-state index in [0.29, 0.717) is 24.0 Å². The minimum atomic E-state index is -0.670. The third kappa shape index (κ3) is 4.04. The molecule has 1 aliphatic rings. The Morgan fingerprint density at radius 2 is 2.03 bits per heavy atom. The van der Waals surface area contributed by atoms with Crippen molar-refractivity contribution >= 4 is 28.4 Å². The first-order chi connectivity index (χ1) is 16.3. The molecule has 1 fully saturated rings. The van der Waals surface area contributed by atoms with Crippen LogP contribution in [0.4, 0.5) is 17.3 Å². The second kappa shape index (κ2) is 8.39. The summed E-state index contributed by atoms with van der Waals surface area (Å²) < 4.78 is 1.93. The number of aryl methyl sites for hydroxylation is 1. The molecule has 3 aromatic heterocycles. The summed E-state index contributed by atoms with van der Waals surface area (Å²) in [7, 11) is 0. The second-order valence-corrected chi connectivity index (χ2v) is 9.11. The molecule has 0 amide bonds. The van der Waals surface area contributed by atoms with Crippen LogP contribution in [-0.2, 0) is 0 Å². The van der Waals surface area contributed by atoms with E-state index in [0.717, 1.165) is 40.9 Å². The molecule has 34 heavy (non-hydrogen) atoms. The fraction of sp³-hybridized carbons (Fsp3) is 0.320. The van der Waals surface area contributed by atoms with Gasteiger partial charge in [0.15, 0.2) is 5.82 Å². The van der Waals surface area contributed by atoms with Crippen molar-refractivity contribution in [2.24, 2.45) is 5.41 Å². The molecule has 2 atom stereocenters. The Bertz CT molecular complexity index is 1390. The average molecular weight is 455 g/mol. The molecule has 1 aliphatic heterocycles. The van der Waals surface area contributed by atoms with Crippen molar-refractivity contribution in [3.05, 3.63) is 60.0 Å². The summed E-state index contributed by atoms with van der Waals surface area (Å²) >= 11 is 0. The van der Waals surface area contributed by atoms with Crippen LogP contribution in [0.1, 0.15) is 37.6 Å². The Morgan fingerprint density at radius 3 is 2.74 bits per heavy atom. The van der Waals surface area contributed by atoms with Crippen molar-refractivity contribution < 1.29 is 5.11 Å². The quantitative estimate of drug-likeness (QED) is 0.464. The van der Waals surface area contributed by atoms with Gasteiger partial charge in [0.05, 0.1) is 34.3 Å². The van der Waals surface area contributed by atoms with Gasteiger partial charge < -0.3 is 15.3 Å². The smallest absolute Gasteiger partial charge is 0.153 e. The van der Waals surface area contributed by atoms with E-state index in [1.165, 1.54) is 0 Å². The maximum atomic E-state index is 10.4. The highest BCUT2D eigenvalue weighted by molar-refractivity contribution is 5.82. The van der Waals surface area contributed by atoms with Crippen molar-refractivity contribution in [2.75, 3.05) is 23.3 Å². The third-order valence-corrected chi connectivity index (χ3v) is 6.25. The van der Waals surface area contributed by atoms with E-state index in [9.17, 15) is 10.4 Å². The summed E-state index contributed by atoms with van der Waals surface area (Å²) in [5.41, 5.74) is 3.76. The van der Waals surface area contributed by atoms with Crippen LogP contribution in [0, 0.1) is 23.7 Å². The molecule has 9 heteroatoms. The largest absolute Gasteiger partial charge is 0.389 e. The maximum Gasteiger partial charge on any atom is 0.153 e. The Balaban J connectivity index is 1.53. The number of rotatable bonds is 5. The van der Waals surface area contributed by atoms with E-state index in [-0.39, 0.29) is 0 Å². The normalized spacial score (nSPS) is 18.7. The van der Waals surface area contributed by atoms with Gasteiger partial charge in [-0.2, -0.15) is 10.4 Å². The molecular weight excluding hydrogens is 428 g/mol. The number of pyridine rings is 1. The maximum absolute atomic E-state index is 10.4. The highest BCUT2D eigenvalue weighted by Crippen LogP contribution is 2.35. The lowest BCUT2D eigenvalue weighted by Gasteiger charge is -2.24. The van der Waals surface area contributed by atoms with Gasteiger partial charge in [-0.3, -0.25) is 4.57 Å². The molecule has 0 spiro atoms. The molecule has 1 saturated heterocycles. The molecule has 2 unspecified atom stereocenters. The predicted octanol–water partition coefficient (Wildman–Crippen LogP) is 4.06. The lowest BCUT2D eigenvalue weighted by Crippen LogP contribution is -2.26. The molecular formula is C25H26N8O. The molecule has 1 aromatic carbocycles. The summed E-state index contributed by atoms with van der Waals surface area (Å²) in [6.07, 6.45) is 1.84. The lowest BCUT2D eigenvalue weighted by molar-refractivity contribution is 0.199. The highest BCUT2D eigenvalue weighted by atomic mass is 16.3. The summed E-state index contributed by atoms with van der Waals surface area (Å²) in [5.74, 6) is 2.06. The second-order valence-electron chi connectivity index (χ2n) is 9.11. The molecule has 172 valence electrons. The molecule has 0 radical (unpaired) electrons. The van der Waals surface area contributed by atoms with Gasteiger partial charge in [-0.05, 0) is 69.7 Å². The van der Waals surface area contributed by atoms with E-state index in [4.69, 9.17) is 4.98 Å². The first-order valence-electron chi connectivity index (χ1n) is 11.3. The molecule has 2 N–H and O–H groups in total. The van der Waals surface area contributed by atoms with Crippen LogP contribution in [0.25, 0.3) is 16.9 Å². The summed E-state index contributed by atoms with van der Waals surface area (Å²) in [4.78, 5) is 11.6. The number of nitrogens with one attached hydrogen (secondary N) is 1. The summed E-state index contributed by atoms with van der Waals surface area (Å²) in [6, 6.07) is 15.9. The van der Waals surface area contributed by atoms with E-state index < -0.39 is 11.5 Å². The van der Waals surface area contributed by atoms with E-state index in [1.54, 1.807) is 13.3 Å². The van der Waals surface area contributed by atoms with Gasteiger partial charge in [-0.15, -0.1) is 5.10 Å². The molecule has 0 bridgehead atoms. The third-order valence-electron chi connectivity index (χ3n) is 6.25. The molecule has 0 aliphatic carbocycles. The standard InChI is InChI=1S/C25H26N8O/c1-16-4-8-22(31-30-16)28-18-5-7-20-21(12-18)33(15-27-20)23-9-6-19(17(2)34)24(29-23)32-11-10-25(3,13-26)14-32/h4-9,12,15,17,34H,10-11,14H2,1-3H3,(H,28,31). The van der Waals surface area contributed by atoms with Gasteiger partial charge in [-0.1, -0.05) is 0 Å². The number of nitrogens with zero attached hydrogens (tertiary/aromatic N) is 7. The number of benzene rings is 1. The number of anilines is 3. The molecule has 4 aromatic rings. The van der Waals surface area contributed by atoms with Gasteiger partial charge in [0.25, 0.3) is 0 Å². The van der Waals surface area contributed by atoms with E-state index in [1.807, 2.05) is 60.9 Å². The SMILES string of the molecule is Cc1ccc(Nc2ccc3ncn(-c4ccc(C(C)O)c(N5CCC(C)(C#N)C5)n4)c3c2)nn1. The topological polar surface area (TPSA) is 116 Å². The molecule has 5 rings (SSSR count). The number of hydrogen-bond donors (Lipinski definition) is 2. The zero-order valence-electron chi connectivity index (χ0n) is 19.4. The van der Waals surface area contributed by atoms with Gasteiger partial charge in [0.2, 0.25) is 0 Å². The number of imidazole rings is 1. The van der Waals surface area contributed by atoms with Crippen LogP contribution in [0.5, 0.6) is 0 Å². The van der Waals surface area contributed by atoms with Gasteiger partial charge in [0, 0.05) is 24.3 Å². The highest BCUT2D eigenvalue weighted by Gasteiger charge is 2.35. The lowest BCUT2D eigenvalue weighted by atomic mass is 9.92. The Labute approximate surface area is 197 Å². The number of fused-ring (bicyclic) bond motifs is 1. The van der Waals surface area contributed by atoms with E-state index in [2.05, 4.69) is 31.5 Å². The fourth-order valence-corrected chi connectivity index (χ4v) is 4.28. The van der Waals surface area contributed by atoms with Crippen molar-refractivity contribution in [3.8, 4) is 11.9 Å². The molecule has 9 nitrogen and oxygen atoms in total. The Hall–Kier alpha value is -4.03. The van der Waals surface area contributed by atoms with E-state index >= 15 is 0 Å². The van der Waals surface area contributed by atoms with Crippen molar-refractivity contribution in [1.29, 1.82) is 5.26 Å². The number of nitriles is 1. The van der Waals surface area contributed by atoms with Gasteiger partial charge >= 0.3 is 0 Å². The number of aromatic nitrogens is 5. The minimum absolute atomic E-state index is 0.422. The van der Waals surface area contributed by atoms with Crippen LogP contribution < -0.4 is 10.2 Å². The van der Waals surface area contributed by atoms with Crippen LogP contribution in [0.3, 0.4) is 0 Å². The number of aliphatic hydroxyl groups excluding tert-OH is 1. The zero-order valence-corrected chi connectivity index (χ0v) is 19.4. The van der Waals surface area contributed by atoms with Crippen LogP contribution >= 0.6 is 0 Å². The molecule has 4 heterocycles. The van der Waals surface area contributed by atoms with Crippen molar-refractivity contribution in [2.45, 2.75) is 33.3 Å². The van der Waals surface area contributed by atoms with Crippen molar-refractivity contribution in [3.63, 3.8) is 0 Å². The zero-order chi connectivity index (χ0) is 23.9. The summed E-state index contributed by atoms with van der Waals surface area (Å²) in [5, 5.41) is 31.5. The van der Waals surface area contributed by atoms with Crippen molar-refractivity contribution in [1.82, 2.24) is 24.7 Å². The van der Waals surface area contributed by atoms with Gasteiger partial charge in [-0.25, -0.2) is 9.97 Å². The van der Waals surface area contributed by atoms with Gasteiger partial charge in [0.1, 0.15) is 18.0 Å². The molecule has 0 saturated carbocycles. The van der Waals surface area contributed by atoms with Crippen LogP contribution in [0.2, 0.25) is 0 Å². The average Bonchev–Trinajstić information content (AvgIpc) is 3.44. The Kier molecular flexibility index (Phi) is 5.38. The minimum Gasteiger partial charge on any atom is -0.389 e. The fourth-order valence-electron chi connectivity index (χ4n) is 4.28. The first-order valence-corrected chi connectivity index (χ1v) is 11.3. The monoisotopic (exact) mass is 454 g/mol. The number of aliphatic hydroxyl groups is 1. The summed E-state index contributed by atoms with van der Waals surface area (Å²) in [6.45, 7) is 6.90. The van der Waals surface area contributed by atoms with Crippen LogP contribution in [0.15, 0.2) is 48.8 Å². The Morgan fingerprint density at radius 1 is 1.18 bits per heavy atom. The number of hydrogen-bond acceptors (Lipinski definition) is 8. The predicted molar refractivity (Wildman–Crippen MR) is 130 cm³/mol. The first kappa shape index (κ1) is 21.8. The van der Waals surface area contributed by atoms with Crippen LogP contribution in [-0.4, -0.2) is 42.9 Å².